The average molecular weight is 495 g/mol. The van der Waals surface area contributed by atoms with E-state index in [-0.39, 0.29) is 24.9 Å². The molecule has 0 aromatic heterocycles. The van der Waals surface area contributed by atoms with Gasteiger partial charge in [0.05, 0.1) is 14.2 Å². The molecule has 0 aromatic rings. The minimum atomic E-state index is -4.25. The van der Waals surface area contributed by atoms with Crippen molar-refractivity contribution in [1.29, 1.82) is 0 Å². The predicted octanol–water partition coefficient (Wildman–Crippen LogP) is 5.23. The van der Waals surface area contributed by atoms with E-state index in [1.54, 1.807) is 24.3 Å². The summed E-state index contributed by atoms with van der Waals surface area (Å²) in [5.41, 5.74) is -5.17. The smallest absolute Gasteiger partial charge is 0.234 e. The molecule has 8 heteroatoms. The van der Waals surface area contributed by atoms with Gasteiger partial charge in [0.25, 0.3) is 0 Å². The zero-order valence-corrected chi connectivity index (χ0v) is 22.6. The van der Waals surface area contributed by atoms with Crippen LogP contribution >= 0.6 is 7.14 Å². The van der Waals surface area contributed by atoms with Gasteiger partial charge in [0.1, 0.15) is 11.5 Å². The van der Waals surface area contributed by atoms with Gasteiger partial charge in [0, 0.05) is 33.2 Å². The molecule has 0 bridgehead atoms. The van der Waals surface area contributed by atoms with Crippen LogP contribution < -0.4 is 0 Å². The normalized spacial score (nSPS) is 26.5. The van der Waals surface area contributed by atoms with Crippen LogP contribution in [0.1, 0.15) is 47.0 Å². The van der Waals surface area contributed by atoms with Crippen LogP contribution in [0.5, 0.6) is 0 Å². The Kier molecular flexibility index (Phi) is 8.95. The standard InChI is InChI=1S/C26H39O7P/c1-19(2)15-24(3,4)18-34(29,22(27)25(32-7)13-9-11-20(16-25)30-5)23(28)26(33-8)14-10-12-21(17-26)31-6/h9-12,16-17,19H,13-15,18H2,1-8H3. The Bertz CT molecular complexity index is 894. The lowest BCUT2D eigenvalue weighted by Gasteiger charge is -2.39. The summed E-state index contributed by atoms with van der Waals surface area (Å²) < 4.78 is 36.9. The monoisotopic (exact) mass is 494 g/mol. The third-order valence-electron chi connectivity index (χ3n) is 6.35. The number of ether oxygens (including phenoxy) is 4. The topological polar surface area (TPSA) is 88.1 Å². The molecular weight excluding hydrogens is 455 g/mol. The van der Waals surface area contributed by atoms with Crippen LogP contribution in [-0.4, -0.2) is 56.9 Å². The average Bonchev–Trinajstić information content (AvgIpc) is 2.81. The molecule has 2 atom stereocenters. The van der Waals surface area contributed by atoms with Gasteiger partial charge in [-0.1, -0.05) is 39.8 Å². The van der Waals surface area contributed by atoms with Gasteiger partial charge in [-0.2, -0.15) is 0 Å². The van der Waals surface area contributed by atoms with Crippen molar-refractivity contribution >= 4 is 18.2 Å². The van der Waals surface area contributed by atoms with Gasteiger partial charge < -0.3 is 23.5 Å². The summed E-state index contributed by atoms with van der Waals surface area (Å²) in [7, 11) is 1.48. The molecule has 2 aliphatic carbocycles. The first-order valence-corrected chi connectivity index (χ1v) is 13.4. The van der Waals surface area contributed by atoms with Gasteiger partial charge in [0.2, 0.25) is 18.2 Å². The molecule has 0 saturated carbocycles. The van der Waals surface area contributed by atoms with Crippen LogP contribution in [0.25, 0.3) is 0 Å². The highest BCUT2D eigenvalue weighted by Crippen LogP contribution is 2.60. The zero-order valence-electron chi connectivity index (χ0n) is 21.7. The molecule has 190 valence electrons. The summed E-state index contributed by atoms with van der Waals surface area (Å²) in [6.45, 7) is 7.99. The Morgan fingerprint density at radius 2 is 1.32 bits per heavy atom. The Labute approximate surface area is 203 Å². The predicted molar refractivity (Wildman–Crippen MR) is 133 cm³/mol. The summed E-state index contributed by atoms with van der Waals surface area (Å²) >= 11 is 0. The van der Waals surface area contributed by atoms with Crippen LogP contribution in [0.3, 0.4) is 0 Å². The van der Waals surface area contributed by atoms with Crippen LogP contribution in [-0.2, 0) is 33.1 Å². The van der Waals surface area contributed by atoms with E-state index in [1.807, 2.05) is 13.8 Å². The maximum Gasteiger partial charge on any atom is 0.234 e. The highest BCUT2D eigenvalue weighted by atomic mass is 31.2. The van der Waals surface area contributed by atoms with Gasteiger partial charge >= 0.3 is 0 Å². The summed E-state index contributed by atoms with van der Waals surface area (Å²) in [5, 5.41) is 0. The molecule has 0 heterocycles. The summed E-state index contributed by atoms with van der Waals surface area (Å²) in [6.07, 6.45) is 10.8. The van der Waals surface area contributed by atoms with E-state index in [2.05, 4.69) is 13.8 Å². The highest BCUT2D eigenvalue weighted by molar-refractivity contribution is 7.94. The molecule has 2 unspecified atom stereocenters. The van der Waals surface area contributed by atoms with E-state index in [0.29, 0.717) is 17.9 Å². The molecule has 2 aliphatic rings. The Morgan fingerprint density at radius 3 is 1.65 bits per heavy atom. The fourth-order valence-corrected chi connectivity index (χ4v) is 8.53. The Balaban J connectivity index is 2.69. The highest BCUT2D eigenvalue weighted by Gasteiger charge is 2.58. The minimum absolute atomic E-state index is 0.0915. The SMILES string of the molecule is COC1=CC(OC)(C(=O)P(=O)(CC(C)(C)CC(C)C)C(=O)C2(OC)C=C(OC)C=CC2)CC=C1. The minimum Gasteiger partial charge on any atom is -0.497 e. The summed E-state index contributed by atoms with van der Waals surface area (Å²) in [4.78, 5) is 28.4. The van der Waals surface area contributed by atoms with Crippen molar-refractivity contribution in [1.82, 2.24) is 0 Å². The Hall–Kier alpha value is -1.95. The number of carbonyl (C=O) groups is 2. The van der Waals surface area contributed by atoms with E-state index in [0.717, 1.165) is 0 Å². The third kappa shape index (κ3) is 5.64. The molecule has 0 aromatic carbocycles. The van der Waals surface area contributed by atoms with Gasteiger partial charge in [-0.25, -0.2) is 0 Å². The second-order valence-electron chi connectivity index (χ2n) is 10.2. The van der Waals surface area contributed by atoms with E-state index in [4.69, 9.17) is 18.9 Å². The number of carbonyl (C=O) groups excluding carboxylic acids is 2. The molecule has 0 aliphatic heterocycles. The molecule has 0 fully saturated rings. The molecule has 0 spiro atoms. The lowest BCUT2D eigenvalue weighted by molar-refractivity contribution is -0.131. The zero-order chi connectivity index (χ0) is 25.8. The van der Waals surface area contributed by atoms with Crippen molar-refractivity contribution in [3.8, 4) is 0 Å². The number of methoxy groups -OCH3 is 4. The van der Waals surface area contributed by atoms with Gasteiger partial charge in [-0.15, -0.1) is 0 Å². The van der Waals surface area contributed by atoms with E-state index >= 15 is 0 Å². The molecule has 34 heavy (non-hydrogen) atoms. The van der Waals surface area contributed by atoms with Crippen molar-refractivity contribution in [2.45, 2.75) is 58.2 Å². The molecule has 2 rings (SSSR count). The fourth-order valence-electron chi connectivity index (χ4n) is 5.00. The van der Waals surface area contributed by atoms with E-state index in [9.17, 15) is 14.2 Å². The van der Waals surface area contributed by atoms with E-state index < -0.39 is 34.8 Å². The molecule has 0 radical (unpaired) electrons. The molecule has 0 N–H and O–H groups in total. The Morgan fingerprint density at radius 1 is 0.912 bits per heavy atom. The van der Waals surface area contributed by atoms with Gasteiger partial charge in [-0.05, 0) is 42.1 Å². The molecular formula is C26H39O7P. The maximum atomic E-state index is 14.9. The molecule has 7 nitrogen and oxygen atoms in total. The van der Waals surface area contributed by atoms with Gasteiger partial charge in [-0.3, -0.25) is 9.59 Å². The summed E-state index contributed by atoms with van der Waals surface area (Å²) in [6, 6.07) is 0. The second-order valence-corrected chi connectivity index (χ2v) is 12.8. The van der Waals surface area contributed by atoms with Crippen molar-refractivity contribution < 1.29 is 33.1 Å². The fraction of sp³-hybridized carbons (Fsp3) is 0.615. The van der Waals surface area contributed by atoms with Gasteiger partial charge in [0.15, 0.2) is 11.2 Å². The quantitative estimate of drug-likeness (QED) is 0.344. The van der Waals surface area contributed by atoms with Crippen LogP contribution in [0.15, 0.2) is 48.0 Å². The first-order chi connectivity index (χ1) is 15.8. The first-order valence-electron chi connectivity index (χ1n) is 11.5. The van der Waals surface area contributed by atoms with Crippen molar-refractivity contribution in [2.24, 2.45) is 11.3 Å². The molecule has 0 amide bonds. The van der Waals surface area contributed by atoms with Crippen LogP contribution in [0, 0.1) is 11.3 Å². The van der Waals surface area contributed by atoms with Crippen molar-refractivity contribution in [3.05, 3.63) is 48.0 Å². The van der Waals surface area contributed by atoms with Crippen LogP contribution in [0.4, 0.5) is 0 Å². The van der Waals surface area contributed by atoms with Crippen molar-refractivity contribution in [2.75, 3.05) is 34.6 Å². The van der Waals surface area contributed by atoms with Crippen molar-refractivity contribution in [3.63, 3.8) is 0 Å². The molecule has 0 saturated heterocycles. The lowest BCUT2D eigenvalue weighted by atomic mass is 9.86. The largest absolute Gasteiger partial charge is 0.497 e. The number of allylic oxidation sites excluding steroid dienone is 2. The van der Waals surface area contributed by atoms with Crippen LogP contribution in [0.2, 0.25) is 0 Å². The summed E-state index contributed by atoms with van der Waals surface area (Å²) in [5.74, 6) is 1.10. The first kappa shape index (κ1) is 28.3. The van der Waals surface area contributed by atoms with E-state index in [1.165, 1.54) is 40.6 Å². The third-order valence-corrected chi connectivity index (χ3v) is 9.72. The second kappa shape index (κ2) is 10.8. The number of hydrogen-bond donors (Lipinski definition) is 0. The lowest BCUT2D eigenvalue weighted by Crippen LogP contribution is -2.47. The number of rotatable bonds is 12. The maximum absolute atomic E-state index is 14.9. The number of hydrogen-bond acceptors (Lipinski definition) is 7.